The fraction of sp³-hybridized carbons (Fsp3) is 0.364. The van der Waals surface area contributed by atoms with Gasteiger partial charge in [-0.3, -0.25) is 10.1 Å². The van der Waals surface area contributed by atoms with Crippen LogP contribution in [0.5, 0.6) is 0 Å². The molecule has 1 saturated carbocycles. The predicted octanol–water partition coefficient (Wildman–Crippen LogP) is 2.46. The standard InChI is InChI=1S/C11H10N2O2/c1-8-3-2-4-9(10(8)13(14)15)11(7-12)5-6-11/h2-4H,5-6H2,1H3. The third-order valence-corrected chi connectivity index (χ3v) is 2.90. The van der Waals surface area contributed by atoms with Crippen molar-refractivity contribution >= 4 is 5.69 Å². The lowest BCUT2D eigenvalue weighted by molar-refractivity contribution is -0.386. The van der Waals surface area contributed by atoms with Gasteiger partial charge in [-0.1, -0.05) is 18.2 Å². The maximum atomic E-state index is 10.9. The first-order chi connectivity index (χ1) is 7.10. The quantitative estimate of drug-likeness (QED) is 0.546. The maximum Gasteiger partial charge on any atom is 0.277 e. The Morgan fingerprint density at radius 1 is 1.53 bits per heavy atom. The molecule has 15 heavy (non-hydrogen) atoms. The zero-order chi connectivity index (χ0) is 11.1. The van der Waals surface area contributed by atoms with E-state index in [4.69, 9.17) is 5.26 Å². The van der Waals surface area contributed by atoms with Gasteiger partial charge >= 0.3 is 0 Å². The van der Waals surface area contributed by atoms with Gasteiger partial charge in [0.2, 0.25) is 0 Å². The molecule has 0 saturated heterocycles. The molecule has 1 fully saturated rings. The molecule has 1 aliphatic carbocycles. The molecule has 0 heterocycles. The molecule has 2 rings (SSSR count). The molecule has 0 N–H and O–H groups in total. The first-order valence-corrected chi connectivity index (χ1v) is 4.76. The highest BCUT2D eigenvalue weighted by molar-refractivity contribution is 5.56. The largest absolute Gasteiger partial charge is 0.277 e. The fourth-order valence-corrected chi connectivity index (χ4v) is 1.85. The van der Waals surface area contributed by atoms with E-state index in [1.54, 1.807) is 25.1 Å². The Labute approximate surface area is 87.3 Å². The summed E-state index contributed by atoms with van der Waals surface area (Å²) in [7, 11) is 0. The summed E-state index contributed by atoms with van der Waals surface area (Å²) in [6.45, 7) is 1.70. The number of nitriles is 1. The molecular formula is C11H10N2O2. The van der Waals surface area contributed by atoms with Crippen LogP contribution in [0.15, 0.2) is 18.2 Å². The lowest BCUT2D eigenvalue weighted by atomic mass is 9.94. The van der Waals surface area contributed by atoms with E-state index in [0.29, 0.717) is 11.1 Å². The van der Waals surface area contributed by atoms with Gasteiger partial charge in [-0.15, -0.1) is 0 Å². The van der Waals surface area contributed by atoms with Crippen molar-refractivity contribution in [3.8, 4) is 6.07 Å². The highest BCUT2D eigenvalue weighted by Gasteiger charge is 2.49. The summed E-state index contributed by atoms with van der Waals surface area (Å²) < 4.78 is 0. The van der Waals surface area contributed by atoms with Crippen LogP contribution in [0.4, 0.5) is 5.69 Å². The number of hydrogen-bond donors (Lipinski definition) is 0. The number of nitro groups is 1. The summed E-state index contributed by atoms with van der Waals surface area (Å²) in [5.74, 6) is 0. The van der Waals surface area contributed by atoms with Crippen molar-refractivity contribution in [3.63, 3.8) is 0 Å². The molecule has 0 radical (unpaired) electrons. The van der Waals surface area contributed by atoms with Gasteiger partial charge in [0.1, 0.15) is 0 Å². The van der Waals surface area contributed by atoms with E-state index in [-0.39, 0.29) is 10.6 Å². The fourth-order valence-electron chi connectivity index (χ4n) is 1.85. The Bertz CT molecular complexity index is 470. The molecule has 0 bridgehead atoms. The predicted molar refractivity (Wildman–Crippen MR) is 54.4 cm³/mol. The second-order valence-corrected chi connectivity index (χ2v) is 3.92. The second kappa shape index (κ2) is 3.06. The summed E-state index contributed by atoms with van der Waals surface area (Å²) in [5, 5.41) is 20.0. The lowest BCUT2D eigenvalue weighted by Crippen LogP contribution is -2.07. The number of rotatable bonds is 2. The van der Waals surface area contributed by atoms with Gasteiger partial charge in [-0.25, -0.2) is 0 Å². The Balaban J connectivity index is 2.63. The Kier molecular flexibility index (Phi) is 1.97. The van der Waals surface area contributed by atoms with E-state index in [2.05, 4.69) is 6.07 Å². The molecule has 0 aliphatic heterocycles. The monoisotopic (exact) mass is 202 g/mol. The number of para-hydroxylation sites is 1. The van der Waals surface area contributed by atoms with Crippen LogP contribution in [-0.4, -0.2) is 4.92 Å². The van der Waals surface area contributed by atoms with Crippen LogP contribution in [0.3, 0.4) is 0 Å². The van der Waals surface area contributed by atoms with Crippen LogP contribution in [-0.2, 0) is 5.41 Å². The molecule has 4 nitrogen and oxygen atoms in total. The molecule has 76 valence electrons. The van der Waals surface area contributed by atoms with Gasteiger partial charge in [0.15, 0.2) is 0 Å². The van der Waals surface area contributed by atoms with E-state index in [9.17, 15) is 10.1 Å². The second-order valence-electron chi connectivity index (χ2n) is 3.92. The normalized spacial score (nSPS) is 16.8. The van der Waals surface area contributed by atoms with Gasteiger partial charge in [-0.05, 0) is 19.8 Å². The zero-order valence-electron chi connectivity index (χ0n) is 8.36. The topological polar surface area (TPSA) is 66.9 Å². The summed E-state index contributed by atoms with van der Waals surface area (Å²) in [6.07, 6.45) is 1.46. The number of nitrogens with zero attached hydrogens (tertiary/aromatic N) is 2. The van der Waals surface area contributed by atoms with E-state index in [1.807, 2.05) is 0 Å². The van der Waals surface area contributed by atoms with Gasteiger partial charge in [-0.2, -0.15) is 5.26 Å². The third-order valence-electron chi connectivity index (χ3n) is 2.90. The van der Waals surface area contributed by atoms with Crippen LogP contribution in [0, 0.1) is 28.4 Å². The maximum absolute atomic E-state index is 10.9. The molecule has 4 heteroatoms. The van der Waals surface area contributed by atoms with E-state index in [0.717, 1.165) is 12.8 Å². The molecular weight excluding hydrogens is 192 g/mol. The Morgan fingerprint density at radius 3 is 2.67 bits per heavy atom. The minimum absolute atomic E-state index is 0.108. The number of benzene rings is 1. The summed E-state index contributed by atoms with van der Waals surface area (Å²) in [5.41, 5.74) is 0.722. The van der Waals surface area contributed by atoms with Crippen LogP contribution in [0.2, 0.25) is 0 Å². The minimum atomic E-state index is -0.589. The van der Waals surface area contributed by atoms with Gasteiger partial charge in [0, 0.05) is 5.56 Å². The van der Waals surface area contributed by atoms with Crippen molar-refractivity contribution in [2.45, 2.75) is 25.2 Å². The van der Waals surface area contributed by atoms with E-state index in [1.165, 1.54) is 0 Å². The number of hydrogen-bond acceptors (Lipinski definition) is 3. The summed E-state index contributed by atoms with van der Waals surface area (Å²) >= 11 is 0. The Morgan fingerprint density at radius 2 is 2.20 bits per heavy atom. The molecule has 0 atom stereocenters. The SMILES string of the molecule is Cc1cccc(C2(C#N)CC2)c1[N+](=O)[O-]. The molecule has 0 unspecified atom stereocenters. The molecule has 1 aliphatic rings. The first-order valence-electron chi connectivity index (χ1n) is 4.76. The Hall–Kier alpha value is -1.89. The van der Waals surface area contributed by atoms with Crippen molar-refractivity contribution in [2.75, 3.05) is 0 Å². The van der Waals surface area contributed by atoms with E-state index >= 15 is 0 Å². The molecule has 1 aromatic carbocycles. The highest BCUT2D eigenvalue weighted by atomic mass is 16.6. The van der Waals surface area contributed by atoms with E-state index < -0.39 is 5.41 Å². The molecule has 0 amide bonds. The highest BCUT2D eigenvalue weighted by Crippen LogP contribution is 2.51. The average Bonchev–Trinajstić information content (AvgIpc) is 2.97. The van der Waals surface area contributed by atoms with Crippen LogP contribution in [0.25, 0.3) is 0 Å². The summed E-state index contributed by atoms with van der Waals surface area (Å²) in [4.78, 5) is 10.5. The lowest BCUT2D eigenvalue weighted by Gasteiger charge is -2.08. The van der Waals surface area contributed by atoms with Crippen LogP contribution < -0.4 is 0 Å². The number of aryl methyl sites for hydroxylation is 1. The van der Waals surface area contributed by atoms with Gasteiger partial charge in [0.25, 0.3) is 5.69 Å². The van der Waals surface area contributed by atoms with Crippen molar-refractivity contribution in [3.05, 3.63) is 39.4 Å². The van der Waals surface area contributed by atoms with Crippen LogP contribution in [0.1, 0.15) is 24.0 Å². The van der Waals surface area contributed by atoms with Crippen molar-refractivity contribution < 1.29 is 4.92 Å². The van der Waals surface area contributed by atoms with Crippen molar-refractivity contribution in [1.82, 2.24) is 0 Å². The third kappa shape index (κ3) is 1.37. The van der Waals surface area contributed by atoms with Gasteiger partial charge in [0.05, 0.1) is 22.0 Å². The van der Waals surface area contributed by atoms with Crippen LogP contribution >= 0.6 is 0 Å². The molecule has 0 aromatic heterocycles. The minimum Gasteiger partial charge on any atom is -0.258 e. The molecule has 1 aromatic rings. The summed E-state index contributed by atoms with van der Waals surface area (Å²) in [6, 6.07) is 7.36. The van der Waals surface area contributed by atoms with Crippen molar-refractivity contribution in [1.29, 1.82) is 5.26 Å². The smallest absolute Gasteiger partial charge is 0.258 e. The van der Waals surface area contributed by atoms with Gasteiger partial charge < -0.3 is 0 Å². The average molecular weight is 202 g/mol. The first kappa shape index (κ1) is 9.66. The van der Waals surface area contributed by atoms with Crippen molar-refractivity contribution in [2.24, 2.45) is 0 Å². The zero-order valence-corrected chi connectivity index (χ0v) is 8.36. The molecule has 0 spiro atoms. The number of nitro benzene ring substituents is 1.